The van der Waals surface area contributed by atoms with E-state index in [-0.39, 0.29) is 10.9 Å². The lowest BCUT2D eigenvalue weighted by Gasteiger charge is -2.18. The molecule has 0 saturated carbocycles. The van der Waals surface area contributed by atoms with Crippen LogP contribution in [0.2, 0.25) is 0 Å². The normalized spacial score (nSPS) is 13.8. The highest BCUT2D eigenvalue weighted by Crippen LogP contribution is 2.25. The molecule has 0 heterocycles. The molecular weight excluding hydrogens is 274 g/mol. The molecule has 0 saturated heterocycles. The lowest BCUT2D eigenvalue weighted by molar-refractivity contribution is 0.241. The van der Waals surface area contributed by atoms with Gasteiger partial charge < -0.3 is 14.0 Å². The third-order valence-electron chi connectivity index (χ3n) is 2.39. The Morgan fingerprint density at radius 1 is 1.30 bits per heavy atom. The first-order chi connectivity index (χ1) is 9.24. The van der Waals surface area contributed by atoms with Gasteiger partial charge in [0.15, 0.2) is 0 Å². The molecule has 1 unspecified atom stereocenters. The summed E-state index contributed by atoms with van der Waals surface area (Å²) in [5.74, 6) is 1.39. The molecule has 0 aliphatic carbocycles. The van der Waals surface area contributed by atoms with Crippen molar-refractivity contribution in [3.63, 3.8) is 0 Å². The Bertz CT molecular complexity index is 467. The van der Waals surface area contributed by atoms with Crippen molar-refractivity contribution in [2.75, 3.05) is 7.11 Å². The number of hydrogen-bond acceptors (Lipinski definition) is 4. The van der Waals surface area contributed by atoms with Crippen molar-refractivity contribution >= 4 is 17.6 Å². The van der Waals surface area contributed by atoms with Gasteiger partial charge >= 0.3 is 0 Å². The van der Waals surface area contributed by atoms with Crippen LogP contribution in [0.3, 0.4) is 0 Å². The molecule has 4 nitrogen and oxygen atoms in total. The fourth-order valence-corrected chi connectivity index (χ4v) is 1.93. The monoisotopic (exact) mass is 297 g/mol. The summed E-state index contributed by atoms with van der Waals surface area (Å²) in [5.41, 5.74) is 0.779. The fraction of sp³-hybridized carbons (Fsp3) is 0.533. The van der Waals surface area contributed by atoms with Gasteiger partial charge in [0.1, 0.15) is 27.6 Å². The van der Waals surface area contributed by atoms with Gasteiger partial charge in [-0.15, -0.1) is 0 Å². The van der Waals surface area contributed by atoms with Gasteiger partial charge in [-0.25, -0.2) is 0 Å². The Morgan fingerprint density at radius 3 is 2.45 bits per heavy atom. The number of nitrogens with zero attached hydrogens (tertiary/aromatic N) is 1. The molecule has 1 atom stereocenters. The first kappa shape index (κ1) is 16.9. The third-order valence-corrected chi connectivity index (χ3v) is 3.73. The molecule has 1 rings (SSSR count). The van der Waals surface area contributed by atoms with Crippen LogP contribution in [0, 0.1) is 0 Å². The zero-order chi connectivity index (χ0) is 15.3. The minimum absolute atomic E-state index is 0.104. The van der Waals surface area contributed by atoms with Gasteiger partial charge in [-0.1, -0.05) is 4.40 Å². The summed E-state index contributed by atoms with van der Waals surface area (Å²) in [6, 6.07) is 5.51. The van der Waals surface area contributed by atoms with Crippen LogP contribution in [0.1, 0.15) is 40.2 Å². The smallest absolute Gasteiger partial charge is 0.144 e. The standard InChI is InChI=1S/C15H23NO3S/c1-11(2)19-13-8-7-12(14(9-13)18-6)10-16-20(17)15(3,4)5/h7-11H,1-6H3/b16-10+. The second-order valence-corrected chi connectivity index (χ2v) is 7.60. The van der Waals surface area contributed by atoms with E-state index in [1.807, 2.05) is 46.8 Å². The maximum absolute atomic E-state index is 11.9. The Labute approximate surface area is 124 Å². The molecule has 0 amide bonds. The van der Waals surface area contributed by atoms with E-state index in [1.165, 1.54) is 0 Å². The summed E-state index contributed by atoms with van der Waals surface area (Å²) in [6.45, 7) is 9.59. The number of hydrogen-bond donors (Lipinski definition) is 0. The molecule has 0 spiro atoms. The molecule has 0 bridgehead atoms. The molecule has 20 heavy (non-hydrogen) atoms. The average molecular weight is 297 g/mol. The quantitative estimate of drug-likeness (QED) is 0.618. The van der Waals surface area contributed by atoms with Gasteiger partial charge in [-0.2, -0.15) is 0 Å². The van der Waals surface area contributed by atoms with Crippen molar-refractivity contribution in [3.05, 3.63) is 23.8 Å². The molecule has 0 fully saturated rings. The topological polar surface area (TPSA) is 53.9 Å². The van der Waals surface area contributed by atoms with Crippen LogP contribution in [0.5, 0.6) is 11.5 Å². The summed E-state index contributed by atoms with van der Waals surface area (Å²) in [5, 5.41) is 0. The number of rotatable bonds is 5. The molecule has 0 N–H and O–H groups in total. The van der Waals surface area contributed by atoms with E-state index in [1.54, 1.807) is 19.4 Å². The first-order valence-corrected chi connectivity index (χ1v) is 7.65. The summed E-state index contributed by atoms with van der Waals surface area (Å²) < 4.78 is 26.5. The summed E-state index contributed by atoms with van der Waals surface area (Å²) in [6.07, 6.45) is 1.69. The van der Waals surface area contributed by atoms with Crippen LogP contribution >= 0.6 is 0 Å². The predicted octanol–water partition coefficient (Wildman–Crippen LogP) is 3.36. The number of methoxy groups -OCH3 is 1. The van der Waals surface area contributed by atoms with Crippen LogP contribution in [0.25, 0.3) is 0 Å². The van der Waals surface area contributed by atoms with E-state index >= 15 is 0 Å². The zero-order valence-corrected chi connectivity index (χ0v) is 13.8. The van der Waals surface area contributed by atoms with Gasteiger partial charge in [0.05, 0.1) is 19.4 Å². The van der Waals surface area contributed by atoms with Crippen LogP contribution < -0.4 is 9.47 Å². The van der Waals surface area contributed by atoms with E-state index < -0.39 is 11.4 Å². The predicted molar refractivity (Wildman–Crippen MR) is 84.2 cm³/mol. The lowest BCUT2D eigenvalue weighted by atomic mass is 10.2. The van der Waals surface area contributed by atoms with E-state index in [0.717, 1.165) is 11.3 Å². The summed E-state index contributed by atoms with van der Waals surface area (Å²) in [7, 11) is 1.59. The largest absolute Gasteiger partial charge is 0.591 e. The second-order valence-electron chi connectivity index (χ2n) is 5.67. The highest BCUT2D eigenvalue weighted by atomic mass is 32.2. The molecule has 0 aliphatic heterocycles. The Hall–Kier alpha value is -1.20. The van der Waals surface area contributed by atoms with Gasteiger partial charge in [0, 0.05) is 11.6 Å². The molecule has 0 aromatic heterocycles. The van der Waals surface area contributed by atoms with E-state index in [0.29, 0.717) is 5.75 Å². The number of ether oxygens (including phenoxy) is 2. The van der Waals surface area contributed by atoms with Crippen LogP contribution in [0.4, 0.5) is 0 Å². The SMILES string of the molecule is COc1cc(OC(C)C)ccc1/C=N/[S+]([O-])C(C)(C)C. The van der Waals surface area contributed by atoms with Gasteiger partial charge in [0.2, 0.25) is 0 Å². The van der Waals surface area contributed by atoms with Gasteiger partial charge in [0.25, 0.3) is 0 Å². The second kappa shape index (κ2) is 6.99. The van der Waals surface area contributed by atoms with Gasteiger partial charge in [-0.05, 0) is 46.8 Å². The fourth-order valence-electron chi connectivity index (χ4n) is 1.41. The summed E-state index contributed by atoms with van der Waals surface area (Å²) >= 11 is -1.28. The molecule has 1 aromatic carbocycles. The minimum Gasteiger partial charge on any atom is -0.591 e. The lowest BCUT2D eigenvalue weighted by Crippen LogP contribution is -2.25. The zero-order valence-electron chi connectivity index (χ0n) is 13.0. The third kappa shape index (κ3) is 5.06. The Balaban J connectivity index is 2.93. The van der Waals surface area contributed by atoms with E-state index in [9.17, 15) is 4.55 Å². The minimum atomic E-state index is -1.28. The van der Waals surface area contributed by atoms with E-state index in [2.05, 4.69) is 4.40 Å². The molecular formula is C15H23NO3S. The molecule has 1 aromatic rings. The molecule has 0 radical (unpaired) electrons. The Kier molecular flexibility index (Phi) is 5.89. The maximum atomic E-state index is 11.9. The molecule has 0 aliphatic rings. The van der Waals surface area contributed by atoms with Crippen LogP contribution in [-0.4, -0.2) is 28.7 Å². The van der Waals surface area contributed by atoms with Gasteiger partial charge in [-0.3, -0.25) is 0 Å². The molecule has 112 valence electrons. The van der Waals surface area contributed by atoms with Crippen molar-refractivity contribution < 1.29 is 14.0 Å². The van der Waals surface area contributed by atoms with E-state index in [4.69, 9.17) is 9.47 Å². The average Bonchev–Trinajstić information content (AvgIpc) is 2.34. The maximum Gasteiger partial charge on any atom is 0.144 e. The number of benzene rings is 1. The highest BCUT2D eigenvalue weighted by Gasteiger charge is 2.25. The van der Waals surface area contributed by atoms with Crippen molar-refractivity contribution in [2.24, 2.45) is 4.40 Å². The first-order valence-electron chi connectivity index (χ1n) is 6.55. The van der Waals surface area contributed by atoms with Crippen molar-refractivity contribution in [3.8, 4) is 11.5 Å². The van der Waals surface area contributed by atoms with Crippen molar-refractivity contribution in [2.45, 2.75) is 45.5 Å². The molecule has 5 heteroatoms. The van der Waals surface area contributed by atoms with Crippen LogP contribution in [-0.2, 0) is 11.4 Å². The summed E-state index contributed by atoms with van der Waals surface area (Å²) in [4.78, 5) is 0. The van der Waals surface area contributed by atoms with Crippen molar-refractivity contribution in [1.29, 1.82) is 0 Å². The van der Waals surface area contributed by atoms with Crippen molar-refractivity contribution in [1.82, 2.24) is 0 Å². The highest BCUT2D eigenvalue weighted by molar-refractivity contribution is 7.91. The van der Waals surface area contributed by atoms with Crippen LogP contribution in [0.15, 0.2) is 22.6 Å². The Morgan fingerprint density at radius 2 is 1.95 bits per heavy atom.